The summed E-state index contributed by atoms with van der Waals surface area (Å²) in [6.45, 7) is 1.83. The average Bonchev–Trinajstić information content (AvgIpc) is 3.03. The largest absolute Gasteiger partial charge is 0.382 e. The number of nitrogens with zero attached hydrogens (tertiary/aromatic N) is 1. The zero-order chi connectivity index (χ0) is 16.2. The molecule has 1 aliphatic heterocycles. The van der Waals surface area contributed by atoms with E-state index in [1.54, 1.807) is 18.3 Å². The van der Waals surface area contributed by atoms with Crippen LogP contribution in [0.1, 0.15) is 11.8 Å². The minimum atomic E-state index is -1.11. The number of hydrogen-bond acceptors (Lipinski definition) is 5. The normalized spacial score (nSPS) is 21.1. The summed E-state index contributed by atoms with van der Waals surface area (Å²) in [5.74, 6) is -0.811. The molecule has 0 spiro atoms. The van der Waals surface area contributed by atoms with Crippen LogP contribution in [0.15, 0.2) is 17.5 Å². The Bertz CT molecular complexity index is 560. The third-order valence-electron chi connectivity index (χ3n) is 3.35. The Morgan fingerprint density at radius 1 is 1.50 bits per heavy atom. The predicted molar refractivity (Wildman–Crippen MR) is 81.6 cm³/mol. The van der Waals surface area contributed by atoms with Crippen molar-refractivity contribution in [1.29, 1.82) is 0 Å². The predicted octanol–water partition coefficient (Wildman–Crippen LogP) is 0.364. The quantitative estimate of drug-likeness (QED) is 0.709. The van der Waals surface area contributed by atoms with Crippen LogP contribution in [0.3, 0.4) is 0 Å². The van der Waals surface area contributed by atoms with Crippen molar-refractivity contribution in [2.45, 2.75) is 18.9 Å². The van der Waals surface area contributed by atoms with Gasteiger partial charge < -0.3 is 15.4 Å². The van der Waals surface area contributed by atoms with Gasteiger partial charge in [-0.25, -0.2) is 4.79 Å². The fraction of sp³-hybridized carbons (Fsp3) is 0.500. The lowest BCUT2D eigenvalue weighted by Gasteiger charge is -2.20. The minimum absolute atomic E-state index is 0.0636. The third-order valence-corrected chi connectivity index (χ3v) is 4.29. The summed E-state index contributed by atoms with van der Waals surface area (Å²) < 4.78 is 4.95. The molecule has 120 valence electrons. The van der Waals surface area contributed by atoms with Crippen LogP contribution < -0.4 is 10.6 Å². The van der Waals surface area contributed by atoms with Gasteiger partial charge >= 0.3 is 6.03 Å². The molecule has 1 aromatic heterocycles. The van der Waals surface area contributed by atoms with Crippen molar-refractivity contribution >= 4 is 29.2 Å². The molecule has 22 heavy (non-hydrogen) atoms. The van der Waals surface area contributed by atoms with E-state index < -0.39 is 17.5 Å². The third kappa shape index (κ3) is 3.63. The maximum atomic E-state index is 12.2. The summed E-state index contributed by atoms with van der Waals surface area (Å²) in [6.07, 6.45) is 0.727. The molecule has 0 aliphatic carbocycles. The lowest BCUT2D eigenvalue weighted by molar-refractivity contribution is -0.135. The fourth-order valence-electron chi connectivity index (χ4n) is 2.26. The second-order valence-corrected chi connectivity index (χ2v) is 6.30. The summed E-state index contributed by atoms with van der Waals surface area (Å²) in [5, 5.41) is 7.23. The van der Waals surface area contributed by atoms with E-state index in [2.05, 4.69) is 10.6 Å². The number of amides is 4. The van der Waals surface area contributed by atoms with Crippen LogP contribution in [-0.4, -0.2) is 55.1 Å². The van der Waals surface area contributed by atoms with Crippen LogP contribution in [0, 0.1) is 0 Å². The van der Waals surface area contributed by atoms with Crippen LogP contribution in [0.2, 0.25) is 0 Å². The zero-order valence-electron chi connectivity index (χ0n) is 12.5. The average molecular weight is 325 g/mol. The Labute approximate surface area is 132 Å². The van der Waals surface area contributed by atoms with E-state index in [4.69, 9.17) is 4.74 Å². The number of hydrogen-bond donors (Lipinski definition) is 2. The van der Waals surface area contributed by atoms with Gasteiger partial charge in [0.05, 0.1) is 6.61 Å². The number of carbonyl (C=O) groups is 3. The van der Waals surface area contributed by atoms with Crippen LogP contribution >= 0.6 is 11.3 Å². The number of imide groups is 1. The van der Waals surface area contributed by atoms with Crippen molar-refractivity contribution in [3.8, 4) is 0 Å². The van der Waals surface area contributed by atoms with Crippen LogP contribution in [0.25, 0.3) is 0 Å². The van der Waals surface area contributed by atoms with Crippen LogP contribution in [0.5, 0.6) is 0 Å². The van der Waals surface area contributed by atoms with E-state index in [0.29, 0.717) is 6.54 Å². The first-order valence-electron chi connectivity index (χ1n) is 6.88. The smallest absolute Gasteiger partial charge is 0.325 e. The van der Waals surface area contributed by atoms with Gasteiger partial charge in [-0.2, -0.15) is 0 Å². The first kappa shape index (κ1) is 16.4. The molecule has 1 atom stereocenters. The van der Waals surface area contributed by atoms with Gasteiger partial charge in [0.1, 0.15) is 12.1 Å². The van der Waals surface area contributed by atoms with Gasteiger partial charge in [0.2, 0.25) is 5.91 Å². The second-order valence-electron chi connectivity index (χ2n) is 5.27. The van der Waals surface area contributed by atoms with Gasteiger partial charge in [-0.05, 0) is 24.8 Å². The van der Waals surface area contributed by atoms with Crippen molar-refractivity contribution in [2.24, 2.45) is 0 Å². The maximum Gasteiger partial charge on any atom is 0.325 e. The van der Waals surface area contributed by atoms with Gasteiger partial charge in [-0.1, -0.05) is 6.07 Å². The zero-order valence-corrected chi connectivity index (χ0v) is 13.4. The SMILES string of the molecule is COCC1(C)NC(=O)N(CC(=O)NCCc2cccs2)C1=O. The van der Waals surface area contributed by atoms with Crippen LogP contribution in [-0.2, 0) is 20.7 Å². The molecule has 1 aliphatic rings. The lowest BCUT2D eigenvalue weighted by atomic mass is 10.0. The Morgan fingerprint density at radius 3 is 2.91 bits per heavy atom. The van der Waals surface area contributed by atoms with E-state index in [1.165, 1.54) is 12.0 Å². The summed E-state index contributed by atoms with van der Waals surface area (Å²) in [6, 6.07) is 3.37. The van der Waals surface area contributed by atoms with E-state index in [1.807, 2.05) is 17.5 Å². The van der Waals surface area contributed by atoms with Gasteiger partial charge in [0, 0.05) is 18.5 Å². The van der Waals surface area contributed by atoms with Gasteiger partial charge in [0.15, 0.2) is 0 Å². The fourth-order valence-corrected chi connectivity index (χ4v) is 2.97. The molecule has 1 unspecified atom stereocenters. The molecule has 2 N–H and O–H groups in total. The lowest BCUT2D eigenvalue weighted by Crippen LogP contribution is -2.48. The summed E-state index contributed by atoms with van der Waals surface area (Å²) in [5.41, 5.74) is -1.11. The topological polar surface area (TPSA) is 87.7 Å². The second kappa shape index (κ2) is 6.89. The van der Waals surface area contributed by atoms with Crippen LogP contribution in [0.4, 0.5) is 4.79 Å². The van der Waals surface area contributed by atoms with Gasteiger partial charge in [-0.3, -0.25) is 14.5 Å². The molecular formula is C14H19N3O4S. The number of thiophene rings is 1. The highest BCUT2D eigenvalue weighted by atomic mass is 32.1. The Kier molecular flexibility index (Phi) is 5.15. The highest BCUT2D eigenvalue weighted by molar-refractivity contribution is 7.09. The Balaban J connectivity index is 1.83. The van der Waals surface area contributed by atoms with Crippen molar-refractivity contribution in [1.82, 2.24) is 15.5 Å². The molecule has 7 nitrogen and oxygen atoms in total. The van der Waals surface area contributed by atoms with Crippen molar-refractivity contribution in [3.05, 3.63) is 22.4 Å². The Hall–Kier alpha value is -1.93. The number of urea groups is 1. The molecule has 1 fully saturated rings. The summed E-state index contributed by atoms with van der Waals surface area (Å²) in [7, 11) is 1.45. The molecule has 0 radical (unpaired) electrons. The number of rotatable bonds is 7. The first-order chi connectivity index (χ1) is 10.5. The summed E-state index contributed by atoms with van der Waals surface area (Å²) in [4.78, 5) is 38.0. The molecule has 2 rings (SSSR count). The molecular weight excluding hydrogens is 306 g/mol. The van der Waals surface area contributed by atoms with Crippen molar-refractivity contribution in [2.75, 3.05) is 26.8 Å². The highest BCUT2D eigenvalue weighted by Crippen LogP contribution is 2.17. The monoisotopic (exact) mass is 325 g/mol. The van der Waals surface area contributed by atoms with Gasteiger partial charge in [-0.15, -0.1) is 11.3 Å². The number of nitrogens with one attached hydrogen (secondary N) is 2. The van der Waals surface area contributed by atoms with E-state index in [0.717, 1.165) is 11.3 Å². The molecule has 0 aromatic carbocycles. The highest BCUT2D eigenvalue weighted by Gasteiger charge is 2.48. The number of ether oxygens (including phenoxy) is 1. The van der Waals surface area contributed by atoms with E-state index in [9.17, 15) is 14.4 Å². The van der Waals surface area contributed by atoms with E-state index in [-0.39, 0.29) is 19.1 Å². The maximum absolute atomic E-state index is 12.2. The number of carbonyl (C=O) groups excluding carboxylic acids is 3. The van der Waals surface area contributed by atoms with Crippen molar-refractivity contribution < 1.29 is 19.1 Å². The first-order valence-corrected chi connectivity index (χ1v) is 7.76. The molecule has 4 amide bonds. The standard InChI is InChI=1S/C14H19N3O4S/c1-14(9-21-2)12(19)17(13(20)16-14)8-11(18)15-6-5-10-4-3-7-22-10/h3-4,7H,5-6,8-9H2,1-2H3,(H,15,18)(H,16,20). The molecule has 2 heterocycles. The van der Waals surface area contributed by atoms with E-state index >= 15 is 0 Å². The molecule has 1 aromatic rings. The molecule has 0 saturated carbocycles. The number of methoxy groups -OCH3 is 1. The van der Waals surface area contributed by atoms with Crippen molar-refractivity contribution in [3.63, 3.8) is 0 Å². The molecule has 8 heteroatoms. The minimum Gasteiger partial charge on any atom is -0.382 e. The summed E-state index contributed by atoms with van der Waals surface area (Å²) >= 11 is 1.62. The molecule has 1 saturated heterocycles. The molecule has 0 bridgehead atoms. The van der Waals surface area contributed by atoms with Gasteiger partial charge in [0.25, 0.3) is 5.91 Å². The Morgan fingerprint density at radius 2 is 2.27 bits per heavy atom.